The lowest BCUT2D eigenvalue weighted by atomic mass is 10.00. The van der Waals surface area contributed by atoms with Gasteiger partial charge in [0.2, 0.25) is 0 Å². The Morgan fingerprint density at radius 1 is 1.38 bits per heavy atom. The van der Waals surface area contributed by atoms with Crippen LogP contribution >= 0.6 is 0 Å². The van der Waals surface area contributed by atoms with Gasteiger partial charge in [-0.25, -0.2) is 9.18 Å². The minimum absolute atomic E-state index is 0.251. The number of hydrogen-bond acceptors (Lipinski definition) is 3. The first-order valence-electron chi connectivity index (χ1n) is 7.17. The average molecular weight is 291 g/mol. The van der Waals surface area contributed by atoms with E-state index in [9.17, 15) is 14.0 Å². The molecule has 0 aliphatic carbocycles. The van der Waals surface area contributed by atoms with Crippen molar-refractivity contribution in [3.05, 3.63) is 44.9 Å². The van der Waals surface area contributed by atoms with Crippen molar-refractivity contribution in [2.24, 2.45) is 13.0 Å². The van der Waals surface area contributed by atoms with Crippen molar-refractivity contribution in [1.29, 1.82) is 0 Å². The van der Waals surface area contributed by atoms with Gasteiger partial charge in [0.05, 0.1) is 10.9 Å². The van der Waals surface area contributed by atoms with Crippen molar-refractivity contribution in [2.75, 3.05) is 13.1 Å². The topological polar surface area (TPSA) is 56.0 Å². The van der Waals surface area contributed by atoms with Crippen molar-refractivity contribution >= 4 is 10.9 Å². The van der Waals surface area contributed by atoms with Crippen LogP contribution in [-0.4, -0.2) is 22.2 Å². The molecule has 1 aromatic carbocycles. The Balaban J connectivity index is 2.13. The van der Waals surface area contributed by atoms with Gasteiger partial charge in [-0.05, 0) is 50.0 Å². The van der Waals surface area contributed by atoms with Crippen LogP contribution in [0.15, 0.2) is 27.8 Å². The quantitative estimate of drug-likeness (QED) is 0.892. The minimum atomic E-state index is -0.468. The predicted molar refractivity (Wildman–Crippen MR) is 79.0 cm³/mol. The van der Waals surface area contributed by atoms with Gasteiger partial charge in [0.15, 0.2) is 0 Å². The van der Waals surface area contributed by atoms with Crippen LogP contribution < -0.4 is 16.6 Å². The van der Waals surface area contributed by atoms with Crippen molar-refractivity contribution in [3.63, 3.8) is 0 Å². The van der Waals surface area contributed by atoms with Gasteiger partial charge in [-0.15, -0.1) is 0 Å². The summed E-state index contributed by atoms with van der Waals surface area (Å²) >= 11 is 0. The van der Waals surface area contributed by atoms with Gasteiger partial charge >= 0.3 is 5.69 Å². The Morgan fingerprint density at radius 3 is 2.90 bits per heavy atom. The molecule has 0 spiro atoms. The van der Waals surface area contributed by atoms with Gasteiger partial charge in [0, 0.05) is 13.6 Å². The van der Waals surface area contributed by atoms with E-state index >= 15 is 0 Å². The average Bonchev–Trinajstić information content (AvgIpc) is 2.50. The Kier molecular flexibility index (Phi) is 3.63. The van der Waals surface area contributed by atoms with Crippen LogP contribution in [0.2, 0.25) is 0 Å². The first-order chi connectivity index (χ1) is 10.1. The van der Waals surface area contributed by atoms with Gasteiger partial charge < -0.3 is 5.32 Å². The molecule has 2 aromatic rings. The fraction of sp³-hybridized carbons (Fsp3) is 0.467. The summed E-state index contributed by atoms with van der Waals surface area (Å²) in [7, 11) is 1.61. The second-order valence-electron chi connectivity index (χ2n) is 5.63. The molecule has 1 atom stereocenters. The highest BCUT2D eigenvalue weighted by molar-refractivity contribution is 5.77. The third-order valence-corrected chi connectivity index (χ3v) is 4.15. The molecule has 0 amide bonds. The summed E-state index contributed by atoms with van der Waals surface area (Å²) in [5, 5.41) is 3.52. The molecular weight excluding hydrogens is 273 g/mol. The van der Waals surface area contributed by atoms with Gasteiger partial charge in [0.25, 0.3) is 5.56 Å². The molecule has 1 aliphatic heterocycles. The monoisotopic (exact) mass is 291 g/mol. The maximum atomic E-state index is 13.4. The van der Waals surface area contributed by atoms with Crippen LogP contribution in [0.1, 0.15) is 12.8 Å². The van der Waals surface area contributed by atoms with E-state index in [4.69, 9.17) is 0 Å². The summed E-state index contributed by atoms with van der Waals surface area (Å²) < 4.78 is 16.0. The number of nitrogens with one attached hydrogen (secondary N) is 1. The first kappa shape index (κ1) is 14.0. The Bertz CT molecular complexity index is 788. The van der Waals surface area contributed by atoms with Crippen LogP contribution in [0, 0.1) is 11.7 Å². The lowest BCUT2D eigenvalue weighted by molar-refractivity contribution is 0.327. The van der Waals surface area contributed by atoms with Crippen molar-refractivity contribution in [2.45, 2.75) is 19.4 Å². The number of aryl methyl sites for hydroxylation is 1. The van der Waals surface area contributed by atoms with Crippen LogP contribution in [0.25, 0.3) is 10.9 Å². The molecule has 6 heteroatoms. The SMILES string of the molecule is Cn1c(=O)n(CC2CCCNC2)c(=O)c2cc(F)ccc21. The lowest BCUT2D eigenvalue weighted by Gasteiger charge is -2.23. The van der Waals surface area contributed by atoms with E-state index in [2.05, 4.69) is 5.32 Å². The number of aromatic nitrogens is 2. The third kappa shape index (κ3) is 2.51. The lowest BCUT2D eigenvalue weighted by Crippen LogP contribution is -2.43. The number of fused-ring (bicyclic) bond motifs is 1. The number of benzene rings is 1. The largest absolute Gasteiger partial charge is 0.331 e. The molecule has 21 heavy (non-hydrogen) atoms. The van der Waals surface area contributed by atoms with Crippen molar-refractivity contribution in [3.8, 4) is 0 Å². The molecule has 112 valence electrons. The predicted octanol–water partition coefficient (Wildman–Crippen LogP) is 0.839. The maximum Gasteiger partial charge on any atom is 0.331 e. The van der Waals surface area contributed by atoms with Crippen LogP contribution in [0.5, 0.6) is 0 Å². The Morgan fingerprint density at radius 2 is 2.19 bits per heavy atom. The summed E-state index contributed by atoms with van der Waals surface area (Å²) in [6.45, 7) is 2.16. The van der Waals surface area contributed by atoms with Crippen LogP contribution in [-0.2, 0) is 13.6 Å². The molecular formula is C15H18FN3O2. The second-order valence-corrected chi connectivity index (χ2v) is 5.63. The fourth-order valence-corrected chi connectivity index (χ4v) is 2.99. The van der Waals surface area contributed by atoms with Gasteiger partial charge in [-0.2, -0.15) is 0 Å². The van der Waals surface area contributed by atoms with Gasteiger partial charge in [-0.1, -0.05) is 0 Å². The molecule has 1 aromatic heterocycles. The number of halogens is 1. The Hall–Kier alpha value is -1.95. The zero-order chi connectivity index (χ0) is 15.0. The Labute approximate surface area is 121 Å². The summed E-state index contributed by atoms with van der Waals surface area (Å²) in [4.78, 5) is 24.9. The zero-order valence-electron chi connectivity index (χ0n) is 11.9. The van der Waals surface area contributed by atoms with Crippen molar-refractivity contribution in [1.82, 2.24) is 14.5 Å². The third-order valence-electron chi connectivity index (χ3n) is 4.15. The molecule has 0 saturated carbocycles. The zero-order valence-corrected chi connectivity index (χ0v) is 11.9. The van der Waals surface area contributed by atoms with E-state index in [0.717, 1.165) is 25.9 Å². The summed E-state index contributed by atoms with van der Waals surface area (Å²) in [5.41, 5.74) is -0.285. The number of piperidine rings is 1. The van der Waals surface area contributed by atoms with Crippen LogP contribution in [0.3, 0.4) is 0 Å². The number of hydrogen-bond donors (Lipinski definition) is 1. The molecule has 1 unspecified atom stereocenters. The highest BCUT2D eigenvalue weighted by atomic mass is 19.1. The second kappa shape index (κ2) is 5.44. The highest BCUT2D eigenvalue weighted by Crippen LogP contribution is 2.13. The molecule has 5 nitrogen and oxygen atoms in total. The van der Waals surface area contributed by atoms with E-state index in [1.54, 1.807) is 7.05 Å². The summed E-state index contributed by atoms with van der Waals surface area (Å²) in [5.74, 6) is -0.209. The van der Waals surface area contributed by atoms with Crippen LogP contribution in [0.4, 0.5) is 4.39 Å². The first-order valence-corrected chi connectivity index (χ1v) is 7.17. The smallest absolute Gasteiger partial charge is 0.316 e. The molecule has 2 heterocycles. The van der Waals surface area contributed by atoms with E-state index in [1.807, 2.05) is 0 Å². The van der Waals surface area contributed by atoms with E-state index in [1.165, 1.54) is 27.3 Å². The standard InChI is InChI=1S/C15H18FN3O2/c1-18-13-5-4-11(16)7-12(13)14(20)19(15(18)21)9-10-3-2-6-17-8-10/h4-5,7,10,17H,2-3,6,8-9H2,1H3. The van der Waals surface area contributed by atoms with E-state index in [-0.39, 0.29) is 17.0 Å². The maximum absolute atomic E-state index is 13.4. The molecule has 1 N–H and O–H groups in total. The van der Waals surface area contributed by atoms with E-state index < -0.39 is 11.4 Å². The minimum Gasteiger partial charge on any atom is -0.316 e. The number of rotatable bonds is 2. The van der Waals surface area contributed by atoms with Crippen molar-refractivity contribution < 1.29 is 4.39 Å². The molecule has 0 radical (unpaired) electrons. The molecule has 1 aliphatic rings. The van der Waals surface area contributed by atoms with E-state index in [0.29, 0.717) is 12.1 Å². The highest BCUT2D eigenvalue weighted by Gasteiger charge is 2.18. The molecule has 0 bridgehead atoms. The normalized spacial score (nSPS) is 19.0. The van der Waals surface area contributed by atoms with Gasteiger partial charge in [0.1, 0.15) is 5.82 Å². The number of nitrogens with zero attached hydrogens (tertiary/aromatic N) is 2. The summed E-state index contributed by atoms with van der Waals surface area (Å²) in [6, 6.07) is 3.93. The molecule has 3 rings (SSSR count). The fourth-order valence-electron chi connectivity index (χ4n) is 2.99. The molecule has 1 fully saturated rings. The summed E-state index contributed by atoms with van der Waals surface area (Å²) in [6.07, 6.45) is 2.03. The molecule has 1 saturated heterocycles. The van der Waals surface area contributed by atoms with Gasteiger partial charge in [-0.3, -0.25) is 13.9 Å².